The molecule has 1 aromatic rings. The number of hydrogen-bond acceptors (Lipinski definition) is 5. The standard InChI is InChI=1S/C14H20N2O3S/c1-2-19-14(18)4-3-9-16-13(17)10-20-12-7-5-11(15)6-8-12/h5-8H,2-4,9-10,15H2,1H3,(H,16,17). The summed E-state index contributed by atoms with van der Waals surface area (Å²) in [6.45, 7) is 2.65. The van der Waals surface area contributed by atoms with Crippen LogP contribution in [0.4, 0.5) is 5.69 Å². The molecule has 110 valence electrons. The fourth-order valence-electron chi connectivity index (χ4n) is 1.46. The summed E-state index contributed by atoms with van der Waals surface area (Å²) >= 11 is 1.45. The summed E-state index contributed by atoms with van der Waals surface area (Å²) in [6, 6.07) is 7.38. The van der Waals surface area contributed by atoms with Crippen LogP contribution in [0.1, 0.15) is 19.8 Å². The van der Waals surface area contributed by atoms with E-state index in [2.05, 4.69) is 5.32 Å². The Bertz CT molecular complexity index is 435. The lowest BCUT2D eigenvalue weighted by molar-refractivity contribution is -0.143. The topological polar surface area (TPSA) is 81.4 Å². The van der Waals surface area contributed by atoms with Crippen LogP contribution in [0, 0.1) is 0 Å². The summed E-state index contributed by atoms with van der Waals surface area (Å²) in [6.07, 6.45) is 0.927. The molecular formula is C14H20N2O3S. The molecule has 0 aliphatic rings. The molecule has 1 rings (SSSR count). The highest BCUT2D eigenvalue weighted by Gasteiger charge is 2.04. The van der Waals surface area contributed by atoms with Gasteiger partial charge in [0, 0.05) is 23.5 Å². The summed E-state index contributed by atoms with van der Waals surface area (Å²) < 4.78 is 4.80. The molecule has 0 fully saturated rings. The molecule has 0 aliphatic carbocycles. The number of rotatable bonds is 8. The molecule has 6 heteroatoms. The third kappa shape index (κ3) is 7.04. The Kier molecular flexibility index (Phi) is 7.57. The normalized spacial score (nSPS) is 10.1. The van der Waals surface area contributed by atoms with Crippen molar-refractivity contribution in [3.8, 4) is 0 Å². The van der Waals surface area contributed by atoms with E-state index in [1.165, 1.54) is 11.8 Å². The number of benzene rings is 1. The zero-order valence-electron chi connectivity index (χ0n) is 11.6. The van der Waals surface area contributed by atoms with Crippen molar-refractivity contribution in [1.82, 2.24) is 5.32 Å². The van der Waals surface area contributed by atoms with Crippen LogP contribution >= 0.6 is 11.8 Å². The first kappa shape index (κ1) is 16.4. The number of carbonyl (C=O) groups is 2. The Balaban J connectivity index is 2.11. The van der Waals surface area contributed by atoms with Crippen molar-refractivity contribution in [3.05, 3.63) is 24.3 Å². The van der Waals surface area contributed by atoms with Gasteiger partial charge in [0.1, 0.15) is 0 Å². The molecule has 0 aromatic heterocycles. The molecule has 0 unspecified atom stereocenters. The predicted octanol–water partition coefficient (Wildman–Crippen LogP) is 1.82. The Morgan fingerprint density at radius 3 is 2.65 bits per heavy atom. The molecular weight excluding hydrogens is 276 g/mol. The highest BCUT2D eigenvalue weighted by atomic mass is 32.2. The molecule has 0 aliphatic heterocycles. The van der Waals surface area contributed by atoms with Crippen molar-refractivity contribution >= 4 is 29.3 Å². The van der Waals surface area contributed by atoms with E-state index in [0.29, 0.717) is 37.4 Å². The highest BCUT2D eigenvalue weighted by Crippen LogP contribution is 2.18. The predicted molar refractivity (Wildman–Crippen MR) is 80.5 cm³/mol. The van der Waals surface area contributed by atoms with E-state index in [1.54, 1.807) is 19.1 Å². The van der Waals surface area contributed by atoms with E-state index < -0.39 is 0 Å². The van der Waals surface area contributed by atoms with Crippen LogP contribution in [0.2, 0.25) is 0 Å². The van der Waals surface area contributed by atoms with Gasteiger partial charge in [0.15, 0.2) is 0 Å². The number of nitrogens with two attached hydrogens (primary N) is 1. The average molecular weight is 296 g/mol. The summed E-state index contributed by atoms with van der Waals surface area (Å²) in [5, 5.41) is 2.77. The van der Waals surface area contributed by atoms with Crippen molar-refractivity contribution in [3.63, 3.8) is 0 Å². The van der Waals surface area contributed by atoms with Gasteiger partial charge in [-0.2, -0.15) is 0 Å². The van der Waals surface area contributed by atoms with Crippen LogP contribution in [-0.4, -0.2) is 30.8 Å². The lowest BCUT2D eigenvalue weighted by Gasteiger charge is -2.05. The number of anilines is 1. The molecule has 0 spiro atoms. The zero-order valence-corrected chi connectivity index (χ0v) is 12.4. The second kappa shape index (κ2) is 9.25. The lowest BCUT2D eigenvalue weighted by Crippen LogP contribution is -2.26. The first-order valence-electron chi connectivity index (χ1n) is 6.52. The van der Waals surface area contributed by atoms with Gasteiger partial charge in [0.05, 0.1) is 12.4 Å². The maximum atomic E-state index is 11.6. The van der Waals surface area contributed by atoms with Crippen LogP contribution < -0.4 is 11.1 Å². The van der Waals surface area contributed by atoms with Crippen LogP contribution in [0.5, 0.6) is 0 Å². The largest absolute Gasteiger partial charge is 0.466 e. The molecule has 5 nitrogen and oxygen atoms in total. The molecule has 20 heavy (non-hydrogen) atoms. The Labute approximate surface area is 123 Å². The maximum Gasteiger partial charge on any atom is 0.305 e. The van der Waals surface area contributed by atoms with E-state index in [1.807, 2.05) is 12.1 Å². The molecule has 3 N–H and O–H groups in total. The number of nitrogen functional groups attached to an aromatic ring is 1. The average Bonchev–Trinajstić information content (AvgIpc) is 2.43. The summed E-state index contributed by atoms with van der Waals surface area (Å²) in [4.78, 5) is 23.7. The van der Waals surface area contributed by atoms with Crippen molar-refractivity contribution in [1.29, 1.82) is 0 Å². The number of nitrogens with one attached hydrogen (secondary N) is 1. The fourth-order valence-corrected chi connectivity index (χ4v) is 2.19. The third-order valence-electron chi connectivity index (χ3n) is 2.44. The van der Waals surface area contributed by atoms with Gasteiger partial charge < -0.3 is 15.8 Å². The molecule has 0 saturated carbocycles. The van der Waals surface area contributed by atoms with Gasteiger partial charge >= 0.3 is 5.97 Å². The Hall–Kier alpha value is -1.69. The minimum atomic E-state index is -0.224. The second-order valence-corrected chi connectivity index (χ2v) is 5.16. The highest BCUT2D eigenvalue weighted by molar-refractivity contribution is 8.00. The van der Waals surface area contributed by atoms with Gasteiger partial charge in [-0.1, -0.05) is 0 Å². The van der Waals surface area contributed by atoms with Crippen LogP contribution in [0.3, 0.4) is 0 Å². The molecule has 0 heterocycles. The maximum absolute atomic E-state index is 11.6. The van der Waals surface area contributed by atoms with Crippen molar-refractivity contribution < 1.29 is 14.3 Å². The number of amides is 1. The Morgan fingerprint density at radius 2 is 2.00 bits per heavy atom. The Morgan fingerprint density at radius 1 is 1.30 bits per heavy atom. The summed E-state index contributed by atoms with van der Waals surface area (Å²) in [5.74, 6) is 0.0808. The summed E-state index contributed by atoms with van der Waals surface area (Å²) in [5.41, 5.74) is 6.29. The number of thioether (sulfide) groups is 1. The third-order valence-corrected chi connectivity index (χ3v) is 3.45. The van der Waals surface area contributed by atoms with Crippen molar-refractivity contribution in [2.24, 2.45) is 0 Å². The number of ether oxygens (including phenoxy) is 1. The first-order chi connectivity index (χ1) is 9.61. The van der Waals surface area contributed by atoms with E-state index >= 15 is 0 Å². The van der Waals surface area contributed by atoms with E-state index in [-0.39, 0.29) is 11.9 Å². The second-order valence-electron chi connectivity index (χ2n) is 4.12. The van der Waals surface area contributed by atoms with Crippen LogP contribution in [-0.2, 0) is 14.3 Å². The number of hydrogen-bond donors (Lipinski definition) is 2. The van der Waals surface area contributed by atoms with E-state index in [0.717, 1.165) is 4.90 Å². The fraction of sp³-hybridized carbons (Fsp3) is 0.429. The van der Waals surface area contributed by atoms with Gasteiger partial charge in [0.25, 0.3) is 0 Å². The number of carbonyl (C=O) groups excluding carboxylic acids is 2. The summed E-state index contributed by atoms with van der Waals surface area (Å²) in [7, 11) is 0. The van der Waals surface area contributed by atoms with Gasteiger partial charge in [0.2, 0.25) is 5.91 Å². The van der Waals surface area contributed by atoms with Crippen molar-refractivity contribution in [2.45, 2.75) is 24.7 Å². The first-order valence-corrected chi connectivity index (χ1v) is 7.51. The van der Waals surface area contributed by atoms with Gasteiger partial charge in [-0.15, -0.1) is 11.8 Å². The van der Waals surface area contributed by atoms with E-state index in [9.17, 15) is 9.59 Å². The van der Waals surface area contributed by atoms with E-state index in [4.69, 9.17) is 10.5 Å². The monoisotopic (exact) mass is 296 g/mol. The van der Waals surface area contributed by atoms with Crippen LogP contribution in [0.15, 0.2) is 29.2 Å². The van der Waals surface area contributed by atoms with Crippen molar-refractivity contribution in [2.75, 3.05) is 24.6 Å². The molecule has 0 saturated heterocycles. The quantitative estimate of drug-likeness (QED) is 0.331. The molecule has 0 radical (unpaired) electrons. The molecule has 0 atom stereocenters. The SMILES string of the molecule is CCOC(=O)CCCNC(=O)CSc1ccc(N)cc1. The minimum Gasteiger partial charge on any atom is -0.466 e. The van der Waals surface area contributed by atoms with Gasteiger partial charge in [-0.25, -0.2) is 0 Å². The van der Waals surface area contributed by atoms with Gasteiger partial charge in [-0.05, 0) is 37.6 Å². The molecule has 0 bridgehead atoms. The van der Waals surface area contributed by atoms with Gasteiger partial charge in [-0.3, -0.25) is 9.59 Å². The zero-order chi connectivity index (χ0) is 14.8. The number of esters is 1. The molecule has 1 aromatic carbocycles. The lowest BCUT2D eigenvalue weighted by atomic mass is 10.3. The van der Waals surface area contributed by atoms with Crippen LogP contribution in [0.25, 0.3) is 0 Å². The smallest absolute Gasteiger partial charge is 0.305 e. The minimum absolute atomic E-state index is 0.0457. The molecule has 1 amide bonds.